The summed E-state index contributed by atoms with van der Waals surface area (Å²) in [5.74, 6) is -1.80. The first-order chi connectivity index (χ1) is 21.9. The van der Waals surface area contributed by atoms with Crippen molar-refractivity contribution in [3.63, 3.8) is 0 Å². The molecule has 17 heteroatoms. The predicted octanol–water partition coefficient (Wildman–Crippen LogP) is -1.83. The molecule has 3 heterocycles. The minimum absolute atomic E-state index is 0.0517. The number of fused-ring (bicyclic) bond motifs is 1. The Morgan fingerprint density at radius 3 is 1.65 bits per heavy atom. The molecular formula is C29H35O17+. The SMILES string of the molecule is COc1cc(-c2[o+]c3cc(O)ccc3c(O[C@@H]3O[C@H](CO)[C@@H](O)[C@H](O)[C@H]3O)c2O[C@@H]2O[C@H](CO)[C@@H](O)[C@H](O)[C@H]2O)cc(OC)c1O. The van der Waals surface area contributed by atoms with Gasteiger partial charge in [0.2, 0.25) is 18.3 Å². The number of aliphatic hydroxyl groups excluding tert-OH is 8. The molecule has 0 bridgehead atoms. The number of methoxy groups -OCH3 is 2. The standard InChI is InChI=1S/C29H34O17/c1-40-14-5-10(6-15(41-2)18(14)33)25-27(46-29-24(39)22(37)20(35)17(9-31)44-29)26(12-4-3-11(32)7-13(12)42-25)45-28-23(38)21(36)19(34)16(8-30)43-28/h3-7,16-17,19-24,28-31,34-39H,8-9H2,1-2H3,(H-,32,33)/p+1/t16-,17-,19-,20-,21+,22+,23-,24-,28+,29+/m1/s1. The van der Waals surface area contributed by atoms with Gasteiger partial charge in [0, 0.05) is 12.1 Å². The smallest absolute Gasteiger partial charge is 0.406 e. The number of benzene rings is 2. The fourth-order valence-electron chi connectivity index (χ4n) is 5.17. The van der Waals surface area contributed by atoms with Crippen LogP contribution in [0.2, 0.25) is 0 Å². The van der Waals surface area contributed by atoms with Crippen LogP contribution in [0.1, 0.15) is 0 Å². The first-order valence-electron chi connectivity index (χ1n) is 14.0. The summed E-state index contributed by atoms with van der Waals surface area (Å²) in [4.78, 5) is 0. The van der Waals surface area contributed by atoms with Crippen molar-refractivity contribution in [1.82, 2.24) is 0 Å². The molecule has 252 valence electrons. The molecule has 0 saturated carbocycles. The van der Waals surface area contributed by atoms with Crippen molar-refractivity contribution >= 4 is 11.0 Å². The third kappa shape index (κ3) is 6.05. The van der Waals surface area contributed by atoms with Gasteiger partial charge in [-0.15, -0.1) is 0 Å². The molecule has 0 aliphatic carbocycles. The van der Waals surface area contributed by atoms with E-state index in [9.17, 15) is 51.1 Å². The van der Waals surface area contributed by atoms with E-state index in [2.05, 4.69) is 0 Å². The largest absolute Gasteiger partial charge is 0.508 e. The van der Waals surface area contributed by atoms with Crippen LogP contribution in [0.25, 0.3) is 22.3 Å². The van der Waals surface area contributed by atoms with Gasteiger partial charge in [0.1, 0.15) is 60.0 Å². The average Bonchev–Trinajstić information content (AvgIpc) is 3.05. The van der Waals surface area contributed by atoms with Crippen molar-refractivity contribution in [2.45, 2.75) is 61.4 Å². The molecule has 2 aliphatic heterocycles. The van der Waals surface area contributed by atoms with Crippen LogP contribution in [-0.2, 0) is 9.47 Å². The molecule has 2 aliphatic rings. The van der Waals surface area contributed by atoms with Crippen molar-refractivity contribution in [3.8, 4) is 45.8 Å². The molecule has 0 spiro atoms. The maximum atomic E-state index is 10.8. The van der Waals surface area contributed by atoms with Gasteiger partial charge in [-0.3, -0.25) is 0 Å². The fraction of sp³-hybridized carbons (Fsp3) is 0.483. The summed E-state index contributed by atoms with van der Waals surface area (Å²) in [5, 5.41) is 103. The fourth-order valence-corrected chi connectivity index (χ4v) is 5.17. The van der Waals surface area contributed by atoms with E-state index in [4.69, 9.17) is 32.8 Å². The summed E-state index contributed by atoms with van der Waals surface area (Å²) >= 11 is 0. The van der Waals surface area contributed by atoms with E-state index >= 15 is 0 Å². The number of phenols is 2. The Hall–Kier alpha value is -3.75. The van der Waals surface area contributed by atoms with Gasteiger partial charge in [0.15, 0.2) is 17.2 Å². The minimum Gasteiger partial charge on any atom is -0.508 e. The van der Waals surface area contributed by atoms with E-state index in [1.165, 1.54) is 44.6 Å². The molecule has 0 radical (unpaired) electrons. The van der Waals surface area contributed by atoms with Gasteiger partial charge in [-0.2, -0.15) is 0 Å². The van der Waals surface area contributed by atoms with Crippen molar-refractivity contribution in [1.29, 1.82) is 0 Å². The molecule has 46 heavy (non-hydrogen) atoms. The van der Waals surface area contributed by atoms with Crippen molar-refractivity contribution < 1.29 is 83.9 Å². The topological polar surface area (TPSA) is 269 Å². The van der Waals surface area contributed by atoms with Crippen LogP contribution in [0.3, 0.4) is 0 Å². The van der Waals surface area contributed by atoms with E-state index in [0.29, 0.717) is 0 Å². The normalized spacial score (nSPS) is 31.4. The molecule has 3 aromatic rings. The lowest BCUT2D eigenvalue weighted by molar-refractivity contribution is -0.282. The van der Waals surface area contributed by atoms with Gasteiger partial charge < -0.3 is 79.5 Å². The summed E-state index contributed by atoms with van der Waals surface area (Å²) < 4.78 is 39.8. The van der Waals surface area contributed by atoms with E-state index in [1.807, 2.05) is 0 Å². The number of ether oxygens (including phenoxy) is 6. The van der Waals surface area contributed by atoms with E-state index in [-0.39, 0.29) is 51.0 Å². The van der Waals surface area contributed by atoms with Gasteiger partial charge in [-0.05, 0) is 12.1 Å². The van der Waals surface area contributed by atoms with Crippen molar-refractivity contribution in [3.05, 3.63) is 30.3 Å². The highest BCUT2D eigenvalue weighted by Crippen LogP contribution is 2.50. The molecule has 0 unspecified atom stereocenters. The van der Waals surface area contributed by atoms with E-state index < -0.39 is 80.4 Å². The first kappa shape index (κ1) is 33.6. The quantitative estimate of drug-likeness (QED) is 0.114. The summed E-state index contributed by atoms with van der Waals surface area (Å²) in [5.41, 5.74) is 0.0248. The van der Waals surface area contributed by atoms with Crippen LogP contribution in [0.15, 0.2) is 34.7 Å². The van der Waals surface area contributed by atoms with Gasteiger partial charge in [0.05, 0.1) is 39.1 Å². The number of hydrogen-bond donors (Lipinski definition) is 10. The Labute approximate surface area is 260 Å². The van der Waals surface area contributed by atoms with Crippen LogP contribution < -0.4 is 18.9 Å². The molecule has 0 amide bonds. The summed E-state index contributed by atoms with van der Waals surface area (Å²) in [7, 11) is 2.54. The number of phenolic OH excluding ortho intramolecular Hbond substituents is 2. The van der Waals surface area contributed by atoms with Crippen molar-refractivity contribution in [2.75, 3.05) is 27.4 Å². The summed E-state index contributed by atoms with van der Waals surface area (Å²) in [6.07, 6.45) is -17.3. The molecule has 10 N–H and O–H groups in total. The minimum atomic E-state index is -1.91. The van der Waals surface area contributed by atoms with Crippen LogP contribution >= 0.6 is 0 Å². The van der Waals surface area contributed by atoms with E-state index in [0.717, 1.165) is 0 Å². The molecule has 5 rings (SSSR count). The number of aromatic hydroxyl groups is 2. The Bertz CT molecular complexity index is 1500. The molecule has 2 fully saturated rings. The predicted molar refractivity (Wildman–Crippen MR) is 151 cm³/mol. The second-order valence-corrected chi connectivity index (χ2v) is 10.6. The third-order valence-corrected chi connectivity index (χ3v) is 7.74. The van der Waals surface area contributed by atoms with E-state index in [1.54, 1.807) is 0 Å². The van der Waals surface area contributed by atoms with Gasteiger partial charge in [-0.1, -0.05) is 0 Å². The van der Waals surface area contributed by atoms with Crippen LogP contribution in [-0.4, -0.2) is 140 Å². The zero-order chi connectivity index (χ0) is 33.4. The first-order valence-corrected chi connectivity index (χ1v) is 14.0. The highest BCUT2D eigenvalue weighted by atomic mass is 16.7. The van der Waals surface area contributed by atoms with Crippen LogP contribution in [0, 0.1) is 0 Å². The second kappa shape index (κ2) is 13.5. The molecule has 1 aromatic heterocycles. The number of hydrogen-bond acceptors (Lipinski definition) is 16. The molecular weight excluding hydrogens is 620 g/mol. The second-order valence-electron chi connectivity index (χ2n) is 10.6. The Morgan fingerprint density at radius 1 is 0.674 bits per heavy atom. The lowest BCUT2D eigenvalue weighted by atomic mass is 9.99. The highest BCUT2D eigenvalue weighted by molar-refractivity contribution is 5.91. The number of aliphatic hydroxyl groups is 8. The molecule has 2 saturated heterocycles. The highest BCUT2D eigenvalue weighted by Gasteiger charge is 2.48. The Kier molecular flexibility index (Phi) is 9.89. The molecule has 10 atom stereocenters. The summed E-state index contributed by atoms with van der Waals surface area (Å²) in [6.45, 7) is -1.55. The molecule has 17 nitrogen and oxygen atoms in total. The zero-order valence-electron chi connectivity index (χ0n) is 24.4. The Balaban J connectivity index is 1.75. The lowest BCUT2D eigenvalue weighted by Gasteiger charge is -2.40. The monoisotopic (exact) mass is 655 g/mol. The van der Waals surface area contributed by atoms with Gasteiger partial charge in [-0.25, -0.2) is 4.42 Å². The zero-order valence-corrected chi connectivity index (χ0v) is 24.4. The number of rotatable bonds is 9. The lowest BCUT2D eigenvalue weighted by Crippen LogP contribution is -2.60. The average molecular weight is 656 g/mol. The maximum absolute atomic E-state index is 10.8. The van der Waals surface area contributed by atoms with Crippen molar-refractivity contribution in [2.24, 2.45) is 0 Å². The maximum Gasteiger partial charge on any atom is 0.406 e. The van der Waals surface area contributed by atoms with Crippen LogP contribution in [0.4, 0.5) is 0 Å². The van der Waals surface area contributed by atoms with Gasteiger partial charge in [0.25, 0.3) is 5.75 Å². The molecule has 2 aromatic carbocycles. The third-order valence-electron chi connectivity index (χ3n) is 7.74. The Morgan fingerprint density at radius 2 is 1.17 bits per heavy atom. The summed E-state index contributed by atoms with van der Waals surface area (Å²) in [6, 6.07) is 6.40. The van der Waals surface area contributed by atoms with Gasteiger partial charge >= 0.3 is 11.3 Å². The van der Waals surface area contributed by atoms with Crippen LogP contribution in [0.5, 0.6) is 34.5 Å².